The number of anilines is 1. The minimum absolute atomic E-state index is 0.00256. The zero-order valence-electron chi connectivity index (χ0n) is 18.9. The molecule has 168 valence electrons. The number of carbonyl (C=O) groups is 1. The summed E-state index contributed by atoms with van der Waals surface area (Å²) in [4.78, 5) is 17.2. The molecule has 0 bridgehead atoms. The minimum atomic E-state index is -3.78. The molecule has 1 fully saturated rings. The molecule has 1 amide bonds. The molecule has 1 atom stereocenters. The van der Waals surface area contributed by atoms with E-state index in [1.807, 2.05) is 45.0 Å². The van der Waals surface area contributed by atoms with Crippen molar-refractivity contribution in [1.82, 2.24) is 9.80 Å². The number of nitrogens with zero attached hydrogens (tertiary/aromatic N) is 3. The lowest BCUT2D eigenvalue weighted by molar-refractivity contribution is -0.132. The van der Waals surface area contributed by atoms with E-state index in [2.05, 4.69) is 4.90 Å². The number of amides is 1. The highest BCUT2D eigenvalue weighted by atomic mass is 32.2. The van der Waals surface area contributed by atoms with E-state index in [4.69, 9.17) is 0 Å². The van der Waals surface area contributed by atoms with Crippen molar-refractivity contribution in [1.29, 1.82) is 0 Å². The van der Waals surface area contributed by atoms with Crippen molar-refractivity contribution in [2.75, 3.05) is 38.0 Å². The number of aryl methyl sites for hydroxylation is 2. The molecule has 1 heterocycles. The van der Waals surface area contributed by atoms with E-state index in [0.29, 0.717) is 18.3 Å². The van der Waals surface area contributed by atoms with Gasteiger partial charge < -0.3 is 9.80 Å². The van der Waals surface area contributed by atoms with Crippen molar-refractivity contribution in [2.45, 2.75) is 44.0 Å². The van der Waals surface area contributed by atoms with Gasteiger partial charge in [-0.05, 0) is 65.0 Å². The molecule has 2 aromatic rings. The van der Waals surface area contributed by atoms with E-state index in [1.165, 1.54) is 4.31 Å². The average Bonchev–Trinajstić information content (AvgIpc) is 2.75. The number of likely N-dealkylation sites (tertiary alicyclic amines) is 1. The second-order valence-electron chi connectivity index (χ2n) is 8.58. The third kappa shape index (κ3) is 5.66. The Kier molecular flexibility index (Phi) is 7.38. The maximum absolute atomic E-state index is 13.5. The normalized spacial score (nSPS) is 17.1. The fourth-order valence-electron chi connectivity index (χ4n) is 3.89. The largest absolute Gasteiger partial charge is 0.341 e. The third-order valence-corrected chi connectivity index (χ3v) is 7.78. The summed E-state index contributed by atoms with van der Waals surface area (Å²) in [5.74, 6) is 0.00256. The van der Waals surface area contributed by atoms with Crippen molar-refractivity contribution in [2.24, 2.45) is 0 Å². The highest BCUT2D eigenvalue weighted by Gasteiger charge is 2.28. The maximum atomic E-state index is 13.5. The Balaban J connectivity index is 1.81. The van der Waals surface area contributed by atoms with Crippen molar-refractivity contribution >= 4 is 21.6 Å². The van der Waals surface area contributed by atoms with E-state index in [1.54, 1.807) is 36.4 Å². The minimum Gasteiger partial charge on any atom is -0.341 e. The zero-order chi connectivity index (χ0) is 22.6. The molecular formula is C24H33N3O3S. The Morgan fingerprint density at radius 3 is 2.16 bits per heavy atom. The summed E-state index contributed by atoms with van der Waals surface area (Å²) in [5.41, 5.74) is 2.62. The van der Waals surface area contributed by atoms with Crippen molar-refractivity contribution in [3.63, 3.8) is 0 Å². The standard InChI is InChI=1S/C24H33N3O3S/c1-19-7-11-21(12-8-19)27(31(29,30)23-13-9-20(2)10-14-23)17-15-24(28)26-16-5-6-22(18-26)25(3)4/h7-14,22H,5-6,15-18H2,1-4H3. The monoisotopic (exact) mass is 443 g/mol. The molecule has 1 aliphatic heterocycles. The average molecular weight is 444 g/mol. The van der Waals surface area contributed by atoms with Gasteiger partial charge in [0.05, 0.1) is 10.6 Å². The maximum Gasteiger partial charge on any atom is 0.264 e. The summed E-state index contributed by atoms with van der Waals surface area (Å²) in [7, 11) is 0.287. The number of benzene rings is 2. The molecule has 6 nitrogen and oxygen atoms in total. The van der Waals surface area contributed by atoms with Crippen LogP contribution in [0.25, 0.3) is 0 Å². The molecule has 0 radical (unpaired) electrons. The Hall–Kier alpha value is -2.38. The highest BCUT2D eigenvalue weighted by Crippen LogP contribution is 2.25. The quantitative estimate of drug-likeness (QED) is 0.658. The van der Waals surface area contributed by atoms with Gasteiger partial charge in [0.1, 0.15) is 0 Å². The first kappa shape index (κ1) is 23.3. The molecule has 3 rings (SSSR count). The Morgan fingerprint density at radius 1 is 1.00 bits per heavy atom. The second kappa shape index (κ2) is 9.83. The molecule has 0 spiro atoms. The molecule has 0 N–H and O–H groups in total. The number of hydrogen-bond donors (Lipinski definition) is 0. The van der Waals surface area contributed by atoms with Crippen LogP contribution in [-0.2, 0) is 14.8 Å². The molecule has 1 aliphatic rings. The van der Waals surface area contributed by atoms with Gasteiger partial charge in [-0.1, -0.05) is 35.4 Å². The predicted octanol–water partition coefficient (Wildman–Crippen LogP) is 3.44. The summed E-state index contributed by atoms with van der Waals surface area (Å²) in [6, 6.07) is 14.6. The van der Waals surface area contributed by atoms with Gasteiger partial charge in [-0.3, -0.25) is 9.10 Å². The molecular weight excluding hydrogens is 410 g/mol. The van der Waals surface area contributed by atoms with Gasteiger partial charge in [0.15, 0.2) is 0 Å². The van der Waals surface area contributed by atoms with Crippen molar-refractivity contribution < 1.29 is 13.2 Å². The summed E-state index contributed by atoms with van der Waals surface area (Å²) in [5, 5.41) is 0. The second-order valence-corrected chi connectivity index (χ2v) is 10.4. The number of hydrogen-bond acceptors (Lipinski definition) is 4. The van der Waals surface area contributed by atoms with Crippen LogP contribution in [-0.4, -0.2) is 63.9 Å². The van der Waals surface area contributed by atoms with Crippen LogP contribution < -0.4 is 4.31 Å². The Labute approximate surface area is 186 Å². The Bertz CT molecular complexity index is 986. The number of rotatable bonds is 7. The van der Waals surface area contributed by atoms with Crippen LogP contribution in [0.1, 0.15) is 30.4 Å². The number of sulfonamides is 1. The fraction of sp³-hybridized carbons (Fsp3) is 0.458. The lowest BCUT2D eigenvalue weighted by Crippen LogP contribution is -2.48. The van der Waals surface area contributed by atoms with Gasteiger partial charge >= 0.3 is 0 Å². The van der Waals surface area contributed by atoms with Crippen LogP contribution in [0.15, 0.2) is 53.4 Å². The third-order valence-electron chi connectivity index (χ3n) is 5.94. The zero-order valence-corrected chi connectivity index (χ0v) is 19.7. The molecule has 1 unspecified atom stereocenters. The van der Waals surface area contributed by atoms with Crippen LogP contribution >= 0.6 is 0 Å². The van der Waals surface area contributed by atoms with E-state index in [0.717, 1.165) is 30.5 Å². The topological polar surface area (TPSA) is 60.9 Å². The first-order chi connectivity index (χ1) is 14.7. The number of carbonyl (C=O) groups excluding carboxylic acids is 1. The summed E-state index contributed by atoms with van der Waals surface area (Å²) >= 11 is 0. The SMILES string of the molecule is Cc1ccc(N(CCC(=O)N2CCCC(N(C)C)C2)S(=O)(=O)c2ccc(C)cc2)cc1. The van der Waals surface area contributed by atoms with Crippen LogP contribution in [0.5, 0.6) is 0 Å². The highest BCUT2D eigenvalue weighted by molar-refractivity contribution is 7.92. The molecule has 7 heteroatoms. The Morgan fingerprint density at radius 2 is 1.58 bits per heavy atom. The van der Waals surface area contributed by atoms with Gasteiger partial charge in [0.2, 0.25) is 5.91 Å². The lowest BCUT2D eigenvalue weighted by atomic mass is 10.0. The number of piperidine rings is 1. The summed E-state index contributed by atoms with van der Waals surface area (Å²) in [6.45, 7) is 5.43. The lowest BCUT2D eigenvalue weighted by Gasteiger charge is -2.36. The smallest absolute Gasteiger partial charge is 0.264 e. The van der Waals surface area contributed by atoms with Gasteiger partial charge in [-0.2, -0.15) is 0 Å². The van der Waals surface area contributed by atoms with Gasteiger partial charge in [0, 0.05) is 32.1 Å². The summed E-state index contributed by atoms with van der Waals surface area (Å²) < 4.78 is 28.3. The first-order valence-corrected chi connectivity index (χ1v) is 12.2. The van der Waals surface area contributed by atoms with Gasteiger partial charge in [-0.25, -0.2) is 8.42 Å². The van der Waals surface area contributed by atoms with Crippen LogP contribution in [0.4, 0.5) is 5.69 Å². The van der Waals surface area contributed by atoms with Crippen molar-refractivity contribution in [3.8, 4) is 0 Å². The number of likely N-dealkylation sites (N-methyl/N-ethyl adjacent to an activating group) is 1. The van der Waals surface area contributed by atoms with E-state index in [-0.39, 0.29) is 23.8 Å². The van der Waals surface area contributed by atoms with E-state index in [9.17, 15) is 13.2 Å². The fourth-order valence-corrected chi connectivity index (χ4v) is 5.36. The van der Waals surface area contributed by atoms with E-state index < -0.39 is 10.0 Å². The van der Waals surface area contributed by atoms with Gasteiger partial charge in [-0.15, -0.1) is 0 Å². The van der Waals surface area contributed by atoms with Crippen LogP contribution in [0, 0.1) is 13.8 Å². The summed E-state index contributed by atoms with van der Waals surface area (Å²) in [6.07, 6.45) is 2.20. The van der Waals surface area contributed by atoms with Crippen LogP contribution in [0.2, 0.25) is 0 Å². The molecule has 1 saturated heterocycles. The molecule has 0 saturated carbocycles. The van der Waals surface area contributed by atoms with Gasteiger partial charge in [0.25, 0.3) is 10.0 Å². The molecule has 0 aliphatic carbocycles. The van der Waals surface area contributed by atoms with Crippen molar-refractivity contribution in [3.05, 3.63) is 59.7 Å². The molecule has 31 heavy (non-hydrogen) atoms. The molecule has 0 aromatic heterocycles. The van der Waals surface area contributed by atoms with E-state index >= 15 is 0 Å². The van der Waals surface area contributed by atoms with Crippen LogP contribution in [0.3, 0.4) is 0 Å². The predicted molar refractivity (Wildman–Crippen MR) is 125 cm³/mol. The molecule has 2 aromatic carbocycles. The first-order valence-electron chi connectivity index (χ1n) is 10.8.